The summed E-state index contributed by atoms with van der Waals surface area (Å²) >= 11 is 0. The average molecular weight is 1270 g/mol. The van der Waals surface area contributed by atoms with E-state index in [4.69, 9.17) is 29.7 Å². The topological polar surface area (TPSA) is 51.1 Å². The van der Waals surface area contributed by atoms with E-state index in [2.05, 4.69) is 123 Å². The lowest BCUT2D eigenvalue weighted by molar-refractivity contribution is -0.660. The highest BCUT2D eigenvalue weighted by Crippen LogP contribution is 2.41. The first kappa shape index (κ1) is 48.0. The Bertz CT molecular complexity index is 6670. The summed E-state index contributed by atoms with van der Waals surface area (Å²) in [5.41, 5.74) is 20.7. The normalized spacial score (nSPS) is 14.0. The number of nitrogens with zero attached hydrogens (tertiary/aromatic N) is 3. The van der Waals surface area contributed by atoms with Crippen LogP contribution in [-0.2, 0) is 21.1 Å². The summed E-state index contributed by atoms with van der Waals surface area (Å²) in [7, 11) is 5.81. The van der Waals surface area contributed by atoms with Crippen molar-refractivity contribution in [2.75, 3.05) is 0 Å². The third-order valence-electron chi connectivity index (χ3n) is 19.0. The standard InChI is InChI=1S/C31H26NO.2C30H24NO/c1-19-10-11-23-15-30-28(14-24(23)12-19)27-13-20(2)26(17-31(27)33-30)29-16-25(21(3)18-32(29)4)22-8-6-5-7-9-22;1-19-13-26-27-14-22-11-7-8-12-23(22)15-29(27)32-30(26)17-25(19)28-16-24(20(2)18-31(28)3)21-9-5-4-6-10-21;1-19-9-10-22-17-29-27(15-24(22)13-19)26-14-20(2)25(18-30(26)32-29)28-16-23(11-12-31(28)3)21-7-5-4-6-8-21/h5-18H,1-4H3;2*4-18H,1-3H3/q3*+1/i1D3,3D3;2D3;1D3. The fourth-order valence-electron chi connectivity index (χ4n) is 14.0. The Morgan fingerprint density at radius 1 is 0.258 bits per heavy atom. The van der Waals surface area contributed by atoms with E-state index < -0.39 is 27.4 Å². The maximum atomic E-state index is 8.13. The summed E-state index contributed by atoms with van der Waals surface area (Å²) in [5.74, 6) is 0. The molecule has 0 fully saturated rings. The van der Waals surface area contributed by atoms with Crippen LogP contribution in [0.4, 0.5) is 0 Å². The molecule has 18 aromatic rings. The van der Waals surface area contributed by atoms with Crippen molar-refractivity contribution in [1.29, 1.82) is 0 Å². The molecule has 6 heteroatoms. The van der Waals surface area contributed by atoms with E-state index in [1.165, 1.54) is 16.5 Å². The maximum absolute atomic E-state index is 8.13. The molecule has 0 unspecified atom stereocenters. The SMILES string of the molecule is [2H]C([2H])([2H])c1c[n+](C)c(-c2cc3oc4cc5ccccc5cc4c3cc2C)cc1-c1ccccc1.[2H]C([2H])([2H])c1ccc2cc3oc4cc(-c5cc(-c6ccccc6)c(C([2H])([2H])[2H])c[n+]5C)c(C)cc4c3cc2c1.[2H]C([2H])([2H])c1ccc2cc3oc4cc(-c5cc(-c6ccccc6)cc[n+]5C)c(C)cc4c3cc2c1. The van der Waals surface area contributed by atoms with E-state index in [1.807, 2.05) is 164 Å². The van der Waals surface area contributed by atoms with Gasteiger partial charge < -0.3 is 13.3 Å². The van der Waals surface area contributed by atoms with Crippen molar-refractivity contribution in [2.24, 2.45) is 21.1 Å². The van der Waals surface area contributed by atoms with Crippen LogP contribution in [0.3, 0.4) is 0 Å². The van der Waals surface area contributed by atoms with Gasteiger partial charge in [0, 0.05) is 84.2 Å². The van der Waals surface area contributed by atoms with Crippen LogP contribution in [0.5, 0.6) is 0 Å². The molecule has 0 aliphatic heterocycles. The Morgan fingerprint density at radius 3 is 1.02 bits per heavy atom. The van der Waals surface area contributed by atoms with Gasteiger partial charge in [-0.3, -0.25) is 0 Å². The van der Waals surface area contributed by atoms with E-state index in [1.54, 1.807) is 36.7 Å². The highest BCUT2D eigenvalue weighted by molar-refractivity contribution is 6.14. The van der Waals surface area contributed by atoms with Gasteiger partial charge in [0.2, 0.25) is 17.1 Å². The third kappa shape index (κ3) is 11.1. The molecule has 0 N–H and O–H groups in total. The maximum Gasteiger partial charge on any atom is 0.213 e. The molecule has 12 aromatic carbocycles. The van der Waals surface area contributed by atoms with Crippen molar-refractivity contribution < 1.29 is 43.4 Å². The lowest BCUT2D eigenvalue weighted by atomic mass is 9.96. The Kier molecular flexibility index (Phi) is 12.0. The molecular weight excluding hydrogens is 1180 g/mol. The Hall–Kier alpha value is -11.7. The van der Waals surface area contributed by atoms with Crippen LogP contribution in [0.2, 0.25) is 0 Å². The lowest BCUT2D eigenvalue weighted by Crippen LogP contribution is -2.31. The second kappa shape index (κ2) is 24.2. The third-order valence-corrected chi connectivity index (χ3v) is 19.0. The molecule has 0 spiro atoms. The number of aromatic nitrogens is 3. The quantitative estimate of drug-likeness (QED) is 0.156. The van der Waals surface area contributed by atoms with Gasteiger partial charge in [0.15, 0.2) is 18.6 Å². The fraction of sp³-hybridized carbons (Fsp3) is 0.110. The second-order valence-electron chi connectivity index (χ2n) is 25.5. The molecule has 6 heterocycles. The van der Waals surface area contributed by atoms with Gasteiger partial charge in [-0.05, 0) is 203 Å². The minimum absolute atomic E-state index is 0.297. The van der Waals surface area contributed by atoms with Crippen LogP contribution < -0.4 is 13.7 Å². The van der Waals surface area contributed by atoms with Crippen LogP contribution in [0, 0.1) is 48.2 Å². The zero-order valence-electron chi connectivity index (χ0n) is 66.5. The summed E-state index contributed by atoms with van der Waals surface area (Å²) in [4.78, 5) is 0. The Morgan fingerprint density at radius 2 is 0.608 bits per heavy atom. The van der Waals surface area contributed by atoms with Gasteiger partial charge in [-0.25, -0.2) is 13.7 Å². The monoisotopic (exact) mass is 1270 g/mol. The van der Waals surface area contributed by atoms with E-state index >= 15 is 0 Å². The number of hydrogen-bond donors (Lipinski definition) is 0. The summed E-state index contributed by atoms with van der Waals surface area (Å²) in [6.45, 7) is -2.54. The van der Waals surface area contributed by atoms with Gasteiger partial charge in [-0.2, -0.15) is 0 Å². The number of hydrogen-bond acceptors (Lipinski definition) is 3. The zero-order chi connectivity index (χ0) is 76.3. The van der Waals surface area contributed by atoms with Crippen LogP contribution in [-0.4, -0.2) is 0 Å². The van der Waals surface area contributed by atoms with E-state index in [0.717, 1.165) is 149 Å². The predicted octanol–water partition coefficient (Wildman–Crippen LogP) is 22.9. The molecule has 0 aliphatic carbocycles. The number of rotatable bonds is 6. The highest BCUT2D eigenvalue weighted by Gasteiger charge is 2.24. The number of furan rings is 3. The van der Waals surface area contributed by atoms with Gasteiger partial charge in [-0.15, -0.1) is 0 Å². The molecule has 0 bridgehead atoms. The van der Waals surface area contributed by atoms with E-state index in [0.29, 0.717) is 39.0 Å². The summed E-state index contributed by atoms with van der Waals surface area (Å²) in [5, 5.41) is 12.0. The molecule has 468 valence electrons. The van der Waals surface area contributed by atoms with Crippen molar-refractivity contribution in [3.05, 3.63) is 306 Å². The zero-order valence-corrected chi connectivity index (χ0v) is 54.5. The molecule has 0 atom stereocenters. The number of aryl methyl sites for hydroxylation is 10. The first-order valence-corrected chi connectivity index (χ1v) is 32.4. The number of benzene rings is 12. The molecule has 0 saturated heterocycles. The smallest absolute Gasteiger partial charge is 0.213 e. The lowest BCUT2D eigenvalue weighted by Gasteiger charge is -2.10. The van der Waals surface area contributed by atoms with Crippen LogP contribution >= 0.6 is 0 Å². The largest absolute Gasteiger partial charge is 0.456 e. The van der Waals surface area contributed by atoms with Crippen molar-refractivity contribution in [1.82, 2.24) is 0 Å². The van der Waals surface area contributed by atoms with Crippen LogP contribution in [0.25, 0.3) is 165 Å². The Labute approximate surface area is 581 Å². The molecule has 0 aliphatic rings. The van der Waals surface area contributed by atoms with E-state index in [9.17, 15) is 0 Å². The summed E-state index contributed by atoms with van der Waals surface area (Å²) in [6.07, 6.45) is 5.52. The van der Waals surface area contributed by atoms with Crippen molar-refractivity contribution in [2.45, 2.75) is 48.2 Å². The second-order valence-corrected chi connectivity index (χ2v) is 25.5. The van der Waals surface area contributed by atoms with Gasteiger partial charge in [0.1, 0.15) is 54.6 Å². The number of pyridine rings is 3. The minimum Gasteiger partial charge on any atom is -0.456 e. The van der Waals surface area contributed by atoms with Crippen molar-refractivity contribution >= 4 is 98.1 Å². The molecule has 18 rings (SSSR count). The van der Waals surface area contributed by atoms with Gasteiger partial charge in [0.05, 0.1) is 16.7 Å². The molecule has 0 radical (unpaired) electrons. The minimum atomic E-state index is -2.26. The molecule has 6 nitrogen and oxygen atoms in total. The summed E-state index contributed by atoms with van der Waals surface area (Å²) < 4.78 is 120. The van der Waals surface area contributed by atoms with Gasteiger partial charge >= 0.3 is 0 Å². The average Bonchev–Trinajstić information content (AvgIpc) is 1.52. The van der Waals surface area contributed by atoms with Crippen molar-refractivity contribution in [3.8, 4) is 67.2 Å². The van der Waals surface area contributed by atoms with Crippen LogP contribution in [0.1, 0.15) is 55.4 Å². The molecule has 0 amide bonds. The van der Waals surface area contributed by atoms with Crippen LogP contribution in [0.15, 0.2) is 281 Å². The van der Waals surface area contributed by atoms with Gasteiger partial charge in [0.25, 0.3) is 0 Å². The highest BCUT2D eigenvalue weighted by atomic mass is 16.3. The van der Waals surface area contributed by atoms with E-state index in [-0.39, 0.29) is 0 Å². The fourth-order valence-corrected chi connectivity index (χ4v) is 14.0. The molecule has 6 aromatic heterocycles. The molecule has 0 saturated carbocycles. The molecule has 97 heavy (non-hydrogen) atoms. The first-order valence-electron chi connectivity index (χ1n) is 38.4. The predicted molar refractivity (Wildman–Crippen MR) is 403 cm³/mol. The number of fused-ring (bicyclic) bond motifs is 12. The first-order chi connectivity index (χ1) is 52.0. The summed E-state index contributed by atoms with van der Waals surface area (Å²) in [6, 6.07) is 81.6. The molecular formula is C91H74N3O3+3. The Balaban J connectivity index is 0.000000125. The van der Waals surface area contributed by atoms with Crippen molar-refractivity contribution in [3.63, 3.8) is 0 Å². The van der Waals surface area contributed by atoms with Gasteiger partial charge in [-0.1, -0.05) is 163 Å².